The predicted molar refractivity (Wildman–Crippen MR) is 68.6 cm³/mol. The quantitative estimate of drug-likeness (QED) is 0.808. The number of carboxylic acids is 1. The third-order valence-corrected chi connectivity index (χ3v) is 2.61. The van der Waals surface area contributed by atoms with Crippen LogP contribution in [0.1, 0.15) is 31.7 Å². The van der Waals surface area contributed by atoms with E-state index in [1.807, 2.05) is 13.8 Å². The summed E-state index contributed by atoms with van der Waals surface area (Å²) < 4.78 is 5.47. The Morgan fingerprint density at radius 3 is 2.26 bits per heavy atom. The fourth-order valence-electron chi connectivity index (χ4n) is 1.68. The van der Waals surface area contributed by atoms with Gasteiger partial charge in [-0.25, -0.2) is 0 Å². The first kappa shape index (κ1) is 15.0. The summed E-state index contributed by atoms with van der Waals surface area (Å²) in [6, 6.07) is 6.66. The average molecular weight is 264 g/mol. The monoisotopic (exact) mass is 264 g/mol. The van der Waals surface area contributed by atoms with Crippen LogP contribution >= 0.6 is 0 Å². The lowest BCUT2D eigenvalue weighted by atomic mass is 9.95. The molecule has 0 saturated heterocycles. The van der Waals surface area contributed by atoms with Crippen molar-refractivity contribution in [2.45, 2.75) is 32.3 Å². The van der Waals surface area contributed by atoms with E-state index in [1.165, 1.54) is 7.05 Å². The van der Waals surface area contributed by atoms with Crippen LogP contribution in [0.15, 0.2) is 24.3 Å². The molecule has 0 aromatic heterocycles. The van der Waals surface area contributed by atoms with Gasteiger partial charge in [0.25, 0.3) is 0 Å². The number of hydrogen-bond donors (Lipinski definition) is 1. The normalized spacial score (nSPS) is 12.0. The van der Waals surface area contributed by atoms with Crippen molar-refractivity contribution < 1.29 is 19.4 Å². The van der Waals surface area contributed by atoms with Gasteiger partial charge in [-0.15, -0.1) is 0 Å². The van der Waals surface area contributed by atoms with Gasteiger partial charge in [0.1, 0.15) is 5.75 Å². The highest BCUT2D eigenvalue weighted by molar-refractivity contribution is 5.84. The molecule has 0 radical (unpaired) electrons. The highest BCUT2D eigenvalue weighted by Gasteiger charge is 2.16. The maximum Gasteiger partial charge on any atom is 0.220 e. The summed E-state index contributed by atoms with van der Waals surface area (Å²) >= 11 is 0. The van der Waals surface area contributed by atoms with Crippen molar-refractivity contribution in [1.82, 2.24) is 5.32 Å². The summed E-state index contributed by atoms with van der Waals surface area (Å²) in [5.41, 5.74) is 0.528. The van der Waals surface area contributed by atoms with E-state index in [0.717, 1.165) is 0 Å². The highest BCUT2D eigenvalue weighted by atomic mass is 16.5. The Bertz CT molecular complexity index is 439. The summed E-state index contributed by atoms with van der Waals surface area (Å²) in [5.74, 6) is -1.89. The number of ether oxygens (including phenoxy) is 1. The van der Waals surface area contributed by atoms with Crippen molar-refractivity contribution in [3.8, 4) is 5.75 Å². The summed E-state index contributed by atoms with van der Waals surface area (Å²) in [4.78, 5) is 22.4. The maximum absolute atomic E-state index is 11.3. The van der Waals surface area contributed by atoms with Gasteiger partial charge in [0.05, 0.1) is 6.10 Å². The van der Waals surface area contributed by atoms with Crippen LogP contribution in [0.3, 0.4) is 0 Å². The molecule has 0 saturated carbocycles. The molecule has 0 aliphatic heterocycles. The minimum atomic E-state index is -1.26. The van der Waals surface area contributed by atoms with Crippen molar-refractivity contribution in [3.05, 3.63) is 29.8 Å². The zero-order valence-electron chi connectivity index (χ0n) is 11.3. The van der Waals surface area contributed by atoms with Gasteiger partial charge in [-0.3, -0.25) is 4.79 Å². The molecule has 1 atom stereocenters. The first-order valence-corrected chi connectivity index (χ1v) is 6.12. The minimum Gasteiger partial charge on any atom is -0.549 e. The van der Waals surface area contributed by atoms with Crippen LogP contribution in [0.2, 0.25) is 0 Å². The Morgan fingerprint density at radius 2 is 1.84 bits per heavy atom. The van der Waals surface area contributed by atoms with Gasteiger partial charge in [-0.05, 0) is 31.5 Å². The number of nitrogens with one attached hydrogen (secondary N) is 1. The summed E-state index contributed by atoms with van der Waals surface area (Å²) in [7, 11) is 1.47. The Morgan fingerprint density at radius 1 is 1.26 bits per heavy atom. The van der Waals surface area contributed by atoms with Crippen molar-refractivity contribution in [3.63, 3.8) is 0 Å². The molecule has 5 nitrogen and oxygen atoms in total. The molecular formula is C14H18NO4-. The fourth-order valence-corrected chi connectivity index (χ4v) is 1.68. The van der Waals surface area contributed by atoms with E-state index in [-0.39, 0.29) is 18.4 Å². The highest BCUT2D eigenvalue weighted by Crippen LogP contribution is 2.22. The summed E-state index contributed by atoms with van der Waals surface area (Å²) in [6.45, 7) is 3.81. The molecule has 1 aromatic carbocycles. The molecule has 1 N–H and O–H groups in total. The SMILES string of the molecule is CNC(=O)C[C@@H](C(=O)[O-])c1ccc(OC(C)C)cc1. The molecule has 5 heteroatoms. The number of rotatable bonds is 6. The summed E-state index contributed by atoms with van der Waals surface area (Å²) in [6.07, 6.45) is -0.0860. The first-order chi connectivity index (χ1) is 8.93. The van der Waals surface area contributed by atoms with Crippen molar-refractivity contribution in [2.24, 2.45) is 0 Å². The average Bonchev–Trinajstić information content (AvgIpc) is 2.35. The number of amides is 1. The fraction of sp³-hybridized carbons (Fsp3) is 0.429. The van der Waals surface area contributed by atoms with Gasteiger partial charge in [0.15, 0.2) is 0 Å². The van der Waals surface area contributed by atoms with E-state index < -0.39 is 11.9 Å². The zero-order valence-corrected chi connectivity index (χ0v) is 11.3. The molecule has 1 amide bonds. The van der Waals surface area contributed by atoms with Crippen LogP contribution in [0.5, 0.6) is 5.75 Å². The molecular weight excluding hydrogens is 246 g/mol. The third kappa shape index (κ3) is 4.62. The number of benzene rings is 1. The van der Waals surface area contributed by atoms with Gasteiger partial charge in [-0.2, -0.15) is 0 Å². The van der Waals surface area contributed by atoms with Crippen LogP contribution < -0.4 is 15.2 Å². The summed E-state index contributed by atoms with van der Waals surface area (Å²) in [5, 5.41) is 13.5. The molecule has 0 aliphatic rings. The molecule has 0 spiro atoms. The molecule has 1 rings (SSSR count). The Balaban J connectivity index is 2.85. The Hall–Kier alpha value is -2.04. The van der Waals surface area contributed by atoms with Crippen LogP contribution in [0, 0.1) is 0 Å². The molecule has 0 aliphatic carbocycles. The third-order valence-electron chi connectivity index (χ3n) is 2.61. The molecule has 0 fully saturated rings. The lowest BCUT2D eigenvalue weighted by Crippen LogP contribution is -2.33. The van der Waals surface area contributed by atoms with E-state index in [0.29, 0.717) is 11.3 Å². The number of carbonyl (C=O) groups is 2. The minimum absolute atomic E-state index is 0.0497. The number of hydrogen-bond acceptors (Lipinski definition) is 4. The number of aliphatic carboxylic acids is 1. The van der Waals surface area contributed by atoms with E-state index >= 15 is 0 Å². The van der Waals surface area contributed by atoms with Crippen molar-refractivity contribution in [1.29, 1.82) is 0 Å². The van der Waals surface area contributed by atoms with E-state index in [4.69, 9.17) is 4.74 Å². The molecule has 19 heavy (non-hydrogen) atoms. The largest absolute Gasteiger partial charge is 0.549 e. The lowest BCUT2D eigenvalue weighted by Gasteiger charge is -2.18. The molecule has 1 aromatic rings. The molecule has 0 unspecified atom stereocenters. The van der Waals surface area contributed by atoms with Gasteiger partial charge >= 0.3 is 0 Å². The Kier molecular flexibility index (Phi) is 5.36. The second kappa shape index (κ2) is 6.78. The maximum atomic E-state index is 11.3. The van der Waals surface area contributed by atoms with E-state index in [1.54, 1.807) is 24.3 Å². The van der Waals surface area contributed by atoms with Gasteiger partial charge in [-0.1, -0.05) is 12.1 Å². The molecule has 104 valence electrons. The van der Waals surface area contributed by atoms with Crippen molar-refractivity contribution >= 4 is 11.9 Å². The van der Waals surface area contributed by atoms with E-state index in [2.05, 4.69) is 5.32 Å². The Labute approximate surface area is 112 Å². The van der Waals surface area contributed by atoms with Crippen LogP contribution in [-0.2, 0) is 9.59 Å². The zero-order chi connectivity index (χ0) is 14.4. The topological polar surface area (TPSA) is 78.5 Å². The lowest BCUT2D eigenvalue weighted by molar-refractivity contribution is -0.308. The van der Waals surface area contributed by atoms with Crippen LogP contribution in [0.25, 0.3) is 0 Å². The smallest absolute Gasteiger partial charge is 0.220 e. The first-order valence-electron chi connectivity index (χ1n) is 6.12. The standard InChI is InChI=1S/C14H19NO4/c1-9(2)19-11-6-4-10(5-7-11)12(14(17)18)8-13(16)15-3/h4-7,9,12H,8H2,1-3H3,(H,15,16)(H,17,18)/p-1/t12-/m1/s1. The van der Waals surface area contributed by atoms with E-state index in [9.17, 15) is 14.7 Å². The second-order valence-electron chi connectivity index (χ2n) is 4.48. The number of carboxylic acid groups (broad SMARTS) is 1. The van der Waals surface area contributed by atoms with Gasteiger partial charge < -0.3 is 20.0 Å². The van der Waals surface area contributed by atoms with Crippen LogP contribution in [-0.4, -0.2) is 25.0 Å². The number of carbonyl (C=O) groups excluding carboxylic acids is 2. The predicted octanol–water partition coefficient (Wildman–Crippen LogP) is 0.443. The second-order valence-corrected chi connectivity index (χ2v) is 4.48. The molecule has 0 heterocycles. The molecule has 0 bridgehead atoms. The van der Waals surface area contributed by atoms with Crippen LogP contribution in [0.4, 0.5) is 0 Å². The van der Waals surface area contributed by atoms with Gasteiger partial charge in [0, 0.05) is 25.4 Å². The van der Waals surface area contributed by atoms with Gasteiger partial charge in [0.2, 0.25) is 5.91 Å². The van der Waals surface area contributed by atoms with Crippen molar-refractivity contribution in [2.75, 3.05) is 7.05 Å².